The van der Waals surface area contributed by atoms with Gasteiger partial charge in [0.2, 0.25) is 0 Å². The first-order valence-corrected chi connectivity index (χ1v) is 9.93. The lowest BCUT2D eigenvalue weighted by Crippen LogP contribution is -2.48. The summed E-state index contributed by atoms with van der Waals surface area (Å²) in [4.78, 5) is 4.34. The fourth-order valence-corrected chi connectivity index (χ4v) is 3.44. The minimum Gasteiger partial charge on any atom is -0.382 e. The van der Waals surface area contributed by atoms with Crippen LogP contribution in [-0.4, -0.2) is 66.2 Å². The summed E-state index contributed by atoms with van der Waals surface area (Å²) < 4.78 is 16.0. The second-order valence-electron chi connectivity index (χ2n) is 6.71. The Morgan fingerprint density at radius 1 is 1.22 bits per heavy atom. The molecule has 0 atom stereocenters. The highest BCUT2D eigenvalue weighted by Crippen LogP contribution is 2.35. The number of rotatable bonds is 10. The maximum absolute atomic E-state index is 6.24. The van der Waals surface area contributed by atoms with E-state index >= 15 is 0 Å². The molecule has 7 heteroatoms. The number of nitrogens with one attached hydrogen (secondary N) is 2. The van der Waals surface area contributed by atoms with E-state index in [1.54, 1.807) is 14.2 Å². The Hall–Kier alpha value is -1.34. The first-order valence-electron chi connectivity index (χ1n) is 9.55. The third kappa shape index (κ3) is 7.30. The van der Waals surface area contributed by atoms with E-state index in [4.69, 9.17) is 25.8 Å². The van der Waals surface area contributed by atoms with Crippen LogP contribution in [0.4, 0.5) is 0 Å². The third-order valence-electron chi connectivity index (χ3n) is 4.89. The molecule has 0 bridgehead atoms. The van der Waals surface area contributed by atoms with Crippen LogP contribution in [0.2, 0.25) is 5.02 Å². The first-order chi connectivity index (χ1) is 13.2. The molecule has 0 unspecified atom stereocenters. The summed E-state index contributed by atoms with van der Waals surface area (Å²) in [6, 6.07) is 8.17. The summed E-state index contributed by atoms with van der Waals surface area (Å²) in [5.74, 6) is 0.805. The van der Waals surface area contributed by atoms with Crippen molar-refractivity contribution in [1.29, 1.82) is 0 Å². The van der Waals surface area contributed by atoms with E-state index in [0.29, 0.717) is 19.8 Å². The van der Waals surface area contributed by atoms with Crippen LogP contribution in [0.25, 0.3) is 0 Å². The Balaban J connectivity index is 1.84. The van der Waals surface area contributed by atoms with E-state index in [9.17, 15) is 0 Å². The normalized spacial score (nSPS) is 16.9. The highest BCUT2D eigenvalue weighted by atomic mass is 35.5. The molecule has 1 aliphatic rings. The number of guanidine groups is 1. The van der Waals surface area contributed by atoms with Crippen molar-refractivity contribution < 1.29 is 14.2 Å². The van der Waals surface area contributed by atoms with Gasteiger partial charge < -0.3 is 24.8 Å². The Labute approximate surface area is 167 Å². The van der Waals surface area contributed by atoms with Crippen molar-refractivity contribution in [1.82, 2.24) is 10.6 Å². The second kappa shape index (κ2) is 12.2. The van der Waals surface area contributed by atoms with Crippen molar-refractivity contribution in [2.75, 3.05) is 60.3 Å². The number of hydrogen-bond donors (Lipinski definition) is 2. The number of methoxy groups -OCH3 is 1. The molecule has 27 heavy (non-hydrogen) atoms. The van der Waals surface area contributed by atoms with Gasteiger partial charge in [-0.25, -0.2) is 0 Å². The van der Waals surface area contributed by atoms with E-state index < -0.39 is 0 Å². The average molecular weight is 398 g/mol. The maximum Gasteiger partial charge on any atom is 0.191 e. The first kappa shape index (κ1) is 22.0. The van der Waals surface area contributed by atoms with E-state index in [0.717, 1.165) is 56.5 Å². The molecule has 2 N–H and O–H groups in total. The van der Waals surface area contributed by atoms with Gasteiger partial charge in [0.15, 0.2) is 5.96 Å². The SMILES string of the molecule is CN=C(NCCCOCCOC)NCC1(c2cccc(Cl)c2)CCOCC1. The third-order valence-corrected chi connectivity index (χ3v) is 5.13. The lowest BCUT2D eigenvalue weighted by molar-refractivity contribution is 0.0513. The van der Waals surface area contributed by atoms with Crippen LogP contribution in [0.1, 0.15) is 24.8 Å². The Morgan fingerprint density at radius 3 is 2.74 bits per heavy atom. The fraction of sp³-hybridized carbons (Fsp3) is 0.650. The summed E-state index contributed by atoms with van der Waals surface area (Å²) in [6.45, 7) is 5.09. The maximum atomic E-state index is 6.24. The summed E-state index contributed by atoms with van der Waals surface area (Å²) in [5.41, 5.74) is 1.26. The zero-order chi connectivity index (χ0) is 19.4. The number of halogens is 1. The number of benzene rings is 1. The van der Waals surface area contributed by atoms with Gasteiger partial charge in [-0.15, -0.1) is 0 Å². The van der Waals surface area contributed by atoms with Crippen LogP contribution in [0, 0.1) is 0 Å². The molecule has 0 aliphatic carbocycles. The lowest BCUT2D eigenvalue weighted by Gasteiger charge is -2.38. The highest BCUT2D eigenvalue weighted by molar-refractivity contribution is 6.30. The van der Waals surface area contributed by atoms with E-state index in [-0.39, 0.29) is 5.41 Å². The van der Waals surface area contributed by atoms with Gasteiger partial charge in [-0.05, 0) is 37.0 Å². The molecule has 1 aromatic carbocycles. The molecule has 0 radical (unpaired) electrons. The molecule has 0 amide bonds. The van der Waals surface area contributed by atoms with E-state index in [1.165, 1.54) is 5.56 Å². The predicted molar refractivity (Wildman–Crippen MR) is 110 cm³/mol. The topological polar surface area (TPSA) is 64.1 Å². The van der Waals surface area contributed by atoms with Crippen LogP contribution in [0.5, 0.6) is 0 Å². The van der Waals surface area contributed by atoms with Gasteiger partial charge in [0, 0.05) is 57.5 Å². The van der Waals surface area contributed by atoms with E-state index in [2.05, 4.69) is 27.8 Å². The van der Waals surface area contributed by atoms with Crippen molar-refractivity contribution in [2.24, 2.45) is 4.99 Å². The Kier molecular flexibility index (Phi) is 9.91. The zero-order valence-electron chi connectivity index (χ0n) is 16.4. The number of aliphatic imine (C=N–C) groups is 1. The van der Waals surface area contributed by atoms with Gasteiger partial charge in [-0.1, -0.05) is 23.7 Å². The summed E-state index contributed by atoms with van der Waals surface area (Å²) >= 11 is 6.24. The van der Waals surface area contributed by atoms with Gasteiger partial charge in [0.1, 0.15) is 0 Å². The monoisotopic (exact) mass is 397 g/mol. The molecular weight excluding hydrogens is 366 g/mol. The largest absolute Gasteiger partial charge is 0.382 e. The van der Waals surface area contributed by atoms with Gasteiger partial charge >= 0.3 is 0 Å². The molecule has 1 heterocycles. The molecule has 0 aromatic heterocycles. The Morgan fingerprint density at radius 2 is 2.04 bits per heavy atom. The van der Waals surface area contributed by atoms with Crippen molar-refractivity contribution in [3.8, 4) is 0 Å². The van der Waals surface area contributed by atoms with Crippen LogP contribution < -0.4 is 10.6 Å². The number of nitrogens with zero attached hydrogens (tertiary/aromatic N) is 1. The van der Waals surface area contributed by atoms with Gasteiger partial charge in [0.05, 0.1) is 13.2 Å². The summed E-state index contributed by atoms with van der Waals surface area (Å²) in [5, 5.41) is 7.61. The van der Waals surface area contributed by atoms with Gasteiger partial charge in [-0.2, -0.15) is 0 Å². The molecule has 1 saturated heterocycles. The van der Waals surface area contributed by atoms with Crippen molar-refractivity contribution in [3.63, 3.8) is 0 Å². The second-order valence-corrected chi connectivity index (χ2v) is 7.15. The van der Waals surface area contributed by atoms with Gasteiger partial charge in [-0.3, -0.25) is 4.99 Å². The molecule has 1 aromatic rings. The van der Waals surface area contributed by atoms with E-state index in [1.807, 2.05) is 12.1 Å². The number of ether oxygens (including phenoxy) is 3. The average Bonchev–Trinajstić information content (AvgIpc) is 2.70. The van der Waals surface area contributed by atoms with Crippen molar-refractivity contribution in [3.05, 3.63) is 34.9 Å². The van der Waals surface area contributed by atoms with Crippen LogP contribution in [0.3, 0.4) is 0 Å². The molecule has 0 spiro atoms. The van der Waals surface area contributed by atoms with Crippen molar-refractivity contribution in [2.45, 2.75) is 24.7 Å². The highest BCUT2D eigenvalue weighted by Gasteiger charge is 2.34. The number of hydrogen-bond acceptors (Lipinski definition) is 4. The fourth-order valence-electron chi connectivity index (χ4n) is 3.25. The minimum atomic E-state index is 0.00400. The molecule has 1 fully saturated rings. The molecule has 0 saturated carbocycles. The smallest absolute Gasteiger partial charge is 0.191 e. The van der Waals surface area contributed by atoms with Crippen LogP contribution >= 0.6 is 11.6 Å². The predicted octanol–water partition coefficient (Wildman–Crippen LogP) is 2.61. The zero-order valence-corrected chi connectivity index (χ0v) is 17.2. The van der Waals surface area contributed by atoms with Crippen LogP contribution in [0.15, 0.2) is 29.3 Å². The Bertz CT molecular complexity index is 577. The molecule has 6 nitrogen and oxygen atoms in total. The quantitative estimate of drug-likeness (QED) is 0.361. The summed E-state index contributed by atoms with van der Waals surface area (Å²) in [6.07, 6.45) is 2.84. The van der Waals surface area contributed by atoms with Gasteiger partial charge in [0.25, 0.3) is 0 Å². The minimum absolute atomic E-state index is 0.00400. The van der Waals surface area contributed by atoms with Crippen LogP contribution in [-0.2, 0) is 19.6 Å². The molecule has 1 aliphatic heterocycles. The molecular formula is C20H32ClN3O3. The lowest BCUT2D eigenvalue weighted by atomic mass is 9.74. The standard InChI is InChI=1S/C20H32ClN3O3/c1-22-19(23-9-4-10-26-14-13-25-2)24-16-20(7-11-27-12-8-20)17-5-3-6-18(21)15-17/h3,5-6,15H,4,7-14,16H2,1-2H3,(H2,22,23,24). The molecule has 2 rings (SSSR count). The molecule has 152 valence electrons. The van der Waals surface area contributed by atoms with Crippen molar-refractivity contribution >= 4 is 17.6 Å². The summed E-state index contributed by atoms with van der Waals surface area (Å²) in [7, 11) is 3.47.